The molecule has 1 amide bonds. The van der Waals surface area contributed by atoms with Crippen LogP contribution < -0.4 is 5.32 Å². The summed E-state index contributed by atoms with van der Waals surface area (Å²) < 4.78 is 4.94. The van der Waals surface area contributed by atoms with Gasteiger partial charge in [0.25, 0.3) is 0 Å². The summed E-state index contributed by atoms with van der Waals surface area (Å²) in [7, 11) is 1.62. The van der Waals surface area contributed by atoms with E-state index in [9.17, 15) is 9.90 Å². The Morgan fingerprint density at radius 3 is 2.74 bits per heavy atom. The van der Waals surface area contributed by atoms with Crippen LogP contribution in [0.25, 0.3) is 0 Å². The maximum atomic E-state index is 11.8. The lowest BCUT2D eigenvalue weighted by Crippen LogP contribution is -2.33. The Hall–Kier alpha value is -1.39. The van der Waals surface area contributed by atoms with E-state index in [0.717, 1.165) is 11.1 Å². The van der Waals surface area contributed by atoms with Crippen LogP contribution in [0.5, 0.6) is 0 Å². The monoisotopic (exact) mass is 265 g/mol. The summed E-state index contributed by atoms with van der Waals surface area (Å²) in [5.74, 6) is -0.159. The van der Waals surface area contributed by atoms with E-state index < -0.39 is 6.10 Å². The molecule has 1 aromatic rings. The molecule has 0 aliphatic rings. The Morgan fingerprint density at radius 1 is 1.42 bits per heavy atom. The molecule has 4 heteroatoms. The number of carbonyl (C=O) groups excluding carboxylic acids is 1. The van der Waals surface area contributed by atoms with Crippen molar-refractivity contribution in [1.82, 2.24) is 5.32 Å². The summed E-state index contributed by atoms with van der Waals surface area (Å²) in [6.07, 6.45) is 0.0165. The van der Waals surface area contributed by atoms with Crippen LogP contribution in [0.15, 0.2) is 24.3 Å². The van der Waals surface area contributed by atoms with Gasteiger partial charge in [-0.15, -0.1) is 0 Å². The topological polar surface area (TPSA) is 58.6 Å². The van der Waals surface area contributed by atoms with Crippen LogP contribution in [-0.2, 0) is 9.53 Å². The molecular weight excluding hydrogens is 242 g/mol. The van der Waals surface area contributed by atoms with Crippen molar-refractivity contribution in [1.29, 1.82) is 0 Å². The zero-order chi connectivity index (χ0) is 14.3. The molecule has 0 spiro atoms. The number of benzene rings is 1. The van der Waals surface area contributed by atoms with Crippen molar-refractivity contribution in [3.63, 3.8) is 0 Å². The molecule has 1 aromatic carbocycles. The predicted molar refractivity (Wildman–Crippen MR) is 74.8 cm³/mol. The second kappa shape index (κ2) is 7.92. The molecule has 0 saturated heterocycles. The largest absolute Gasteiger partial charge is 0.387 e. The number of aryl methyl sites for hydroxylation is 1. The Bertz CT molecular complexity index is 406. The van der Waals surface area contributed by atoms with Gasteiger partial charge in [-0.1, -0.05) is 31.2 Å². The van der Waals surface area contributed by atoms with Gasteiger partial charge in [0, 0.05) is 26.2 Å². The van der Waals surface area contributed by atoms with Gasteiger partial charge in [-0.25, -0.2) is 0 Å². The summed E-state index contributed by atoms with van der Waals surface area (Å²) in [6.45, 7) is 4.60. The van der Waals surface area contributed by atoms with E-state index in [1.54, 1.807) is 7.11 Å². The van der Waals surface area contributed by atoms with E-state index in [0.29, 0.717) is 13.0 Å². The average Bonchev–Trinajstić information content (AvgIpc) is 2.42. The smallest absolute Gasteiger partial charge is 0.223 e. The molecule has 0 aromatic heterocycles. The summed E-state index contributed by atoms with van der Waals surface area (Å²) in [4.78, 5) is 11.8. The van der Waals surface area contributed by atoms with E-state index in [1.165, 1.54) is 0 Å². The minimum atomic E-state index is -0.667. The second-order valence-corrected chi connectivity index (χ2v) is 4.80. The quantitative estimate of drug-likeness (QED) is 0.790. The maximum absolute atomic E-state index is 11.8. The van der Waals surface area contributed by atoms with Gasteiger partial charge >= 0.3 is 0 Å². The number of hydrogen-bond acceptors (Lipinski definition) is 3. The summed E-state index contributed by atoms with van der Waals surface area (Å²) in [5, 5.41) is 12.8. The van der Waals surface area contributed by atoms with Crippen LogP contribution in [0.3, 0.4) is 0 Å². The lowest BCUT2D eigenvalue weighted by atomic mass is 10.0. The predicted octanol–water partition coefficient (Wildman–Crippen LogP) is 1.82. The van der Waals surface area contributed by atoms with E-state index in [4.69, 9.17) is 4.74 Å². The third-order valence-electron chi connectivity index (χ3n) is 3.22. The van der Waals surface area contributed by atoms with Crippen molar-refractivity contribution in [3.8, 4) is 0 Å². The first-order chi connectivity index (χ1) is 9.06. The van der Waals surface area contributed by atoms with E-state index in [1.807, 2.05) is 38.1 Å². The summed E-state index contributed by atoms with van der Waals surface area (Å²) in [5.41, 5.74) is 1.88. The standard InChI is InChI=1S/C15H23NO3/c1-11-6-4-5-7-13(11)14(17)10-16-15(18)12(2)8-9-19-3/h4-7,12,14,17H,8-10H2,1-3H3,(H,16,18). The first-order valence-corrected chi connectivity index (χ1v) is 6.56. The van der Waals surface area contributed by atoms with Crippen LogP contribution in [0.4, 0.5) is 0 Å². The van der Waals surface area contributed by atoms with Gasteiger partial charge in [0.1, 0.15) is 0 Å². The highest BCUT2D eigenvalue weighted by molar-refractivity contribution is 5.78. The van der Waals surface area contributed by atoms with Gasteiger partial charge < -0.3 is 15.2 Å². The van der Waals surface area contributed by atoms with Crippen molar-refractivity contribution in [2.45, 2.75) is 26.4 Å². The van der Waals surface area contributed by atoms with Gasteiger partial charge in [-0.05, 0) is 24.5 Å². The van der Waals surface area contributed by atoms with Gasteiger partial charge in [0.15, 0.2) is 0 Å². The fourth-order valence-electron chi connectivity index (χ4n) is 1.87. The number of amides is 1. The van der Waals surface area contributed by atoms with Crippen LogP contribution >= 0.6 is 0 Å². The molecule has 0 saturated carbocycles. The molecule has 1 rings (SSSR count). The fraction of sp³-hybridized carbons (Fsp3) is 0.533. The number of nitrogens with one attached hydrogen (secondary N) is 1. The van der Waals surface area contributed by atoms with Gasteiger partial charge in [0.05, 0.1) is 6.10 Å². The lowest BCUT2D eigenvalue weighted by Gasteiger charge is -2.16. The highest BCUT2D eigenvalue weighted by atomic mass is 16.5. The van der Waals surface area contributed by atoms with Gasteiger partial charge in [-0.3, -0.25) is 4.79 Å². The molecule has 106 valence electrons. The molecule has 0 heterocycles. The van der Waals surface area contributed by atoms with E-state index in [-0.39, 0.29) is 18.4 Å². The molecule has 19 heavy (non-hydrogen) atoms. The first-order valence-electron chi connectivity index (χ1n) is 6.56. The number of aliphatic hydroxyl groups excluding tert-OH is 1. The van der Waals surface area contributed by atoms with Crippen LogP contribution in [0.2, 0.25) is 0 Å². The van der Waals surface area contributed by atoms with E-state index >= 15 is 0 Å². The zero-order valence-electron chi connectivity index (χ0n) is 11.8. The number of hydrogen-bond donors (Lipinski definition) is 2. The normalized spacial score (nSPS) is 13.9. The number of aliphatic hydroxyl groups is 1. The minimum Gasteiger partial charge on any atom is -0.387 e. The molecule has 2 atom stereocenters. The third kappa shape index (κ3) is 5.01. The minimum absolute atomic E-state index is 0.0512. The highest BCUT2D eigenvalue weighted by Gasteiger charge is 2.15. The zero-order valence-corrected chi connectivity index (χ0v) is 11.8. The van der Waals surface area contributed by atoms with Crippen molar-refractivity contribution in [2.24, 2.45) is 5.92 Å². The summed E-state index contributed by atoms with van der Waals surface area (Å²) >= 11 is 0. The molecule has 0 aliphatic heterocycles. The Morgan fingerprint density at radius 2 is 2.11 bits per heavy atom. The molecular formula is C15H23NO3. The number of ether oxygens (including phenoxy) is 1. The SMILES string of the molecule is COCCC(C)C(=O)NCC(O)c1ccccc1C. The highest BCUT2D eigenvalue weighted by Crippen LogP contribution is 2.16. The number of methoxy groups -OCH3 is 1. The molecule has 0 bridgehead atoms. The maximum Gasteiger partial charge on any atom is 0.223 e. The van der Waals surface area contributed by atoms with Gasteiger partial charge in [0.2, 0.25) is 5.91 Å². The number of rotatable bonds is 7. The Kier molecular flexibility index (Phi) is 6.53. The fourth-order valence-corrected chi connectivity index (χ4v) is 1.87. The Balaban J connectivity index is 2.44. The van der Waals surface area contributed by atoms with Gasteiger partial charge in [-0.2, -0.15) is 0 Å². The first kappa shape index (κ1) is 15.7. The molecule has 2 unspecified atom stereocenters. The molecule has 0 aliphatic carbocycles. The lowest BCUT2D eigenvalue weighted by molar-refractivity contribution is -0.125. The van der Waals surface area contributed by atoms with Crippen LogP contribution in [-0.4, -0.2) is 31.3 Å². The molecule has 0 fully saturated rings. The number of carbonyl (C=O) groups is 1. The van der Waals surface area contributed by atoms with Crippen molar-refractivity contribution in [2.75, 3.05) is 20.3 Å². The van der Waals surface area contributed by atoms with Crippen molar-refractivity contribution >= 4 is 5.91 Å². The van der Waals surface area contributed by atoms with Crippen molar-refractivity contribution < 1.29 is 14.6 Å². The van der Waals surface area contributed by atoms with Crippen LogP contribution in [0, 0.1) is 12.8 Å². The summed E-state index contributed by atoms with van der Waals surface area (Å²) in [6, 6.07) is 7.63. The second-order valence-electron chi connectivity index (χ2n) is 4.80. The van der Waals surface area contributed by atoms with Crippen molar-refractivity contribution in [3.05, 3.63) is 35.4 Å². The molecule has 4 nitrogen and oxygen atoms in total. The third-order valence-corrected chi connectivity index (χ3v) is 3.22. The Labute approximate surface area is 114 Å². The van der Waals surface area contributed by atoms with E-state index in [2.05, 4.69) is 5.32 Å². The molecule has 2 N–H and O–H groups in total. The van der Waals surface area contributed by atoms with Crippen LogP contribution in [0.1, 0.15) is 30.6 Å². The average molecular weight is 265 g/mol. The molecule has 0 radical (unpaired) electrons.